The molecule has 0 atom stereocenters. The number of benzene rings is 3. The average molecular weight is 424 g/mol. The molecule has 0 heterocycles. The zero-order valence-electron chi connectivity index (χ0n) is 14.3. The van der Waals surface area contributed by atoms with Crippen LogP contribution in [0.5, 0.6) is 5.75 Å². The molecule has 0 aliphatic heterocycles. The highest BCUT2D eigenvalue weighted by Crippen LogP contribution is 2.37. The highest BCUT2D eigenvalue weighted by atomic mass is 35.5. The van der Waals surface area contributed by atoms with E-state index in [2.05, 4.69) is 37.8 Å². The summed E-state index contributed by atoms with van der Waals surface area (Å²) in [4.78, 5) is 0.869. The molecule has 0 bridgehead atoms. The first-order chi connectivity index (χ1) is 12.4. The van der Waals surface area contributed by atoms with Gasteiger partial charge in [-0.25, -0.2) is 0 Å². The van der Waals surface area contributed by atoms with Gasteiger partial charge in [-0.05, 0) is 59.5 Å². The first kappa shape index (κ1) is 19.4. The molecule has 26 heavy (non-hydrogen) atoms. The monoisotopic (exact) mass is 422 g/mol. The molecule has 0 saturated carbocycles. The standard InChI is InChI=1S/C21H17Cl3OS/c1-12-3-4-13(8-18-19(23)10-15(25-2)11-20(18)24)16(7-12)17-9-14(22)5-6-21(17)26/h3-7,9-11,26H,8H2,1-2H3. The first-order valence-corrected chi connectivity index (χ1v) is 9.57. The van der Waals surface area contributed by atoms with Crippen LogP contribution >= 0.6 is 47.4 Å². The number of aryl methyl sites for hydroxylation is 1. The molecule has 0 N–H and O–H groups in total. The van der Waals surface area contributed by atoms with Crippen molar-refractivity contribution >= 4 is 47.4 Å². The number of thiol groups is 1. The molecule has 0 amide bonds. The molecule has 0 aromatic heterocycles. The Morgan fingerprint density at radius 2 is 1.58 bits per heavy atom. The number of ether oxygens (including phenoxy) is 1. The predicted molar refractivity (Wildman–Crippen MR) is 115 cm³/mol. The van der Waals surface area contributed by atoms with E-state index in [-0.39, 0.29) is 0 Å². The summed E-state index contributed by atoms with van der Waals surface area (Å²) in [6.07, 6.45) is 0.594. The van der Waals surface area contributed by atoms with Crippen LogP contribution in [0, 0.1) is 6.92 Å². The molecular weight excluding hydrogens is 407 g/mol. The summed E-state index contributed by atoms with van der Waals surface area (Å²) >= 11 is 23.7. The van der Waals surface area contributed by atoms with E-state index in [1.165, 1.54) is 0 Å². The van der Waals surface area contributed by atoms with Gasteiger partial charge in [0.05, 0.1) is 7.11 Å². The number of rotatable bonds is 4. The normalized spacial score (nSPS) is 10.8. The third-order valence-electron chi connectivity index (χ3n) is 4.23. The summed E-state index contributed by atoms with van der Waals surface area (Å²) < 4.78 is 5.23. The Bertz CT molecular complexity index is 946. The van der Waals surface area contributed by atoms with Gasteiger partial charge in [-0.15, -0.1) is 12.6 Å². The fraction of sp³-hybridized carbons (Fsp3) is 0.143. The minimum atomic E-state index is 0.582. The van der Waals surface area contributed by atoms with Crippen LogP contribution in [0.1, 0.15) is 16.7 Å². The average Bonchev–Trinajstić information content (AvgIpc) is 2.61. The van der Waals surface area contributed by atoms with Crippen molar-refractivity contribution in [2.24, 2.45) is 0 Å². The minimum Gasteiger partial charge on any atom is -0.497 e. The molecule has 0 spiro atoms. The van der Waals surface area contributed by atoms with Crippen LogP contribution in [0.15, 0.2) is 53.4 Å². The van der Waals surface area contributed by atoms with E-state index in [1.807, 2.05) is 18.2 Å². The van der Waals surface area contributed by atoms with Crippen molar-refractivity contribution in [3.8, 4) is 16.9 Å². The van der Waals surface area contributed by atoms with Crippen molar-refractivity contribution in [1.29, 1.82) is 0 Å². The highest BCUT2D eigenvalue weighted by Gasteiger charge is 2.14. The van der Waals surface area contributed by atoms with Gasteiger partial charge in [-0.3, -0.25) is 0 Å². The van der Waals surface area contributed by atoms with E-state index in [9.17, 15) is 0 Å². The number of hydrogen-bond acceptors (Lipinski definition) is 2. The van der Waals surface area contributed by atoms with E-state index in [4.69, 9.17) is 39.5 Å². The molecule has 3 rings (SSSR count). The van der Waals surface area contributed by atoms with E-state index in [0.717, 1.165) is 32.7 Å². The maximum Gasteiger partial charge on any atom is 0.121 e. The lowest BCUT2D eigenvalue weighted by molar-refractivity contribution is 0.414. The van der Waals surface area contributed by atoms with Crippen molar-refractivity contribution in [2.45, 2.75) is 18.2 Å². The second kappa shape index (κ2) is 8.14. The highest BCUT2D eigenvalue weighted by molar-refractivity contribution is 7.80. The number of methoxy groups -OCH3 is 1. The van der Waals surface area contributed by atoms with Crippen molar-refractivity contribution < 1.29 is 4.74 Å². The second-order valence-corrected chi connectivity index (χ2v) is 7.80. The van der Waals surface area contributed by atoms with Gasteiger partial charge in [-0.1, -0.05) is 58.6 Å². The summed E-state index contributed by atoms with van der Waals surface area (Å²) in [5.41, 5.74) is 5.17. The van der Waals surface area contributed by atoms with E-state index in [1.54, 1.807) is 19.2 Å². The van der Waals surface area contributed by atoms with Crippen molar-refractivity contribution in [2.75, 3.05) is 7.11 Å². The molecule has 0 fully saturated rings. The lowest BCUT2D eigenvalue weighted by Gasteiger charge is -2.15. The van der Waals surface area contributed by atoms with Gasteiger partial charge in [0.25, 0.3) is 0 Å². The fourth-order valence-corrected chi connectivity index (χ4v) is 3.91. The lowest BCUT2D eigenvalue weighted by Crippen LogP contribution is -1.97. The molecule has 0 aliphatic carbocycles. The fourth-order valence-electron chi connectivity index (χ4n) is 2.88. The Morgan fingerprint density at radius 3 is 2.23 bits per heavy atom. The number of hydrogen-bond donors (Lipinski definition) is 1. The molecule has 0 radical (unpaired) electrons. The third kappa shape index (κ3) is 4.15. The summed E-state index contributed by atoms with van der Waals surface area (Å²) in [7, 11) is 1.59. The first-order valence-electron chi connectivity index (χ1n) is 7.99. The Kier molecular flexibility index (Phi) is 6.09. The van der Waals surface area contributed by atoms with Crippen LogP contribution in [-0.4, -0.2) is 7.11 Å². The van der Waals surface area contributed by atoms with Crippen molar-refractivity contribution in [3.63, 3.8) is 0 Å². The van der Waals surface area contributed by atoms with Gasteiger partial charge >= 0.3 is 0 Å². The zero-order valence-corrected chi connectivity index (χ0v) is 17.5. The molecule has 3 aromatic rings. The largest absolute Gasteiger partial charge is 0.497 e. The molecule has 0 aliphatic rings. The van der Waals surface area contributed by atoms with Gasteiger partial charge in [0.15, 0.2) is 0 Å². The van der Waals surface area contributed by atoms with Crippen LogP contribution < -0.4 is 4.74 Å². The topological polar surface area (TPSA) is 9.23 Å². The Morgan fingerprint density at radius 1 is 0.885 bits per heavy atom. The van der Waals surface area contributed by atoms with Crippen molar-refractivity contribution in [1.82, 2.24) is 0 Å². The van der Waals surface area contributed by atoms with Crippen LogP contribution in [0.3, 0.4) is 0 Å². The molecule has 134 valence electrons. The molecular formula is C21H17Cl3OS. The van der Waals surface area contributed by atoms with E-state index >= 15 is 0 Å². The predicted octanol–water partition coefficient (Wildman–Crippen LogP) is 7.51. The Balaban J connectivity index is 2.12. The third-order valence-corrected chi connectivity index (χ3v) is 5.53. The summed E-state index contributed by atoms with van der Waals surface area (Å²) in [5.74, 6) is 0.639. The Labute approximate surface area is 174 Å². The quantitative estimate of drug-likeness (QED) is 0.427. The molecule has 1 nitrogen and oxygen atoms in total. The van der Waals surface area contributed by atoms with E-state index < -0.39 is 0 Å². The molecule has 0 unspecified atom stereocenters. The molecule has 3 aromatic carbocycles. The van der Waals surface area contributed by atoms with Crippen LogP contribution in [0.2, 0.25) is 15.1 Å². The van der Waals surface area contributed by atoms with Gasteiger partial charge in [-0.2, -0.15) is 0 Å². The minimum absolute atomic E-state index is 0.582. The summed E-state index contributed by atoms with van der Waals surface area (Å²) in [6, 6.07) is 15.5. The summed E-state index contributed by atoms with van der Waals surface area (Å²) in [5, 5.41) is 1.84. The second-order valence-electron chi connectivity index (χ2n) is 6.07. The lowest BCUT2D eigenvalue weighted by atomic mass is 9.93. The maximum atomic E-state index is 6.45. The zero-order chi connectivity index (χ0) is 18.8. The van der Waals surface area contributed by atoms with E-state index in [0.29, 0.717) is 27.2 Å². The molecule has 5 heteroatoms. The van der Waals surface area contributed by atoms with Crippen LogP contribution in [-0.2, 0) is 6.42 Å². The van der Waals surface area contributed by atoms with Gasteiger partial charge < -0.3 is 4.74 Å². The van der Waals surface area contributed by atoms with Gasteiger partial charge in [0.1, 0.15) is 5.75 Å². The summed E-state index contributed by atoms with van der Waals surface area (Å²) in [6.45, 7) is 2.06. The van der Waals surface area contributed by atoms with Crippen molar-refractivity contribution in [3.05, 3.63) is 80.3 Å². The Hall–Kier alpha value is -1.32. The SMILES string of the molecule is COc1cc(Cl)c(Cc2ccc(C)cc2-c2cc(Cl)ccc2S)c(Cl)c1. The number of halogens is 3. The maximum absolute atomic E-state index is 6.45. The smallest absolute Gasteiger partial charge is 0.121 e. The van der Waals surface area contributed by atoms with Crippen LogP contribution in [0.4, 0.5) is 0 Å². The van der Waals surface area contributed by atoms with Gasteiger partial charge in [0, 0.05) is 26.4 Å². The van der Waals surface area contributed by atoms with Gasteiger partial charge in [0.2, 0.25) is 0 Å². The van der Waals surface area contributed by atoms with Crippen LogP contribution in [0.25, 0.3) is 11.1 Å². The molecule has 0 saturated heterocycles.